The van der Waals surface area contributed by atoms with Gasteiger partial charge in [-0.1, -0.05) is 0 Å². The molecule has 0 aliphatic carbocycles. The summed E-state index contributed by atoms with van der Waals surface area (Å²) < 4.78 is 0. The van der Waals surface area contributed by atoms with E-state index in [1.165, 1.54) is 0 Å². The molecule has 6 heteroatoms. The van der Waals surface area contributed by atoms with Crippen molar-refractivity contribution in [1.82, 2.24) is 6.15 Å². The van der Waals surface area contributed by atoms with Crippen molar-refractivity contribution in [1.29, 1.82) is 0 Å². The van der Waals surface area contributed by atoms with E-state index in [-0.39, 0.29) is 25.6 Å². The zero-order chi connectivity index (χ0) is 7.28. The average Bonchev–Trinajstić information content (AvgIpc) is 1.82. The van der Waals surface area contributed by atoms with E-state index in [2.05, 4.69) is 0 Å². The van der Waals surface area contributed by atoms with Crippen LogP contribution in [-0.4, -0.2) is 29.1 Å². The van der Waals surface area contributed by atoms with Gasteiger partial charge in [0.1, 0.15) is 6.04 Å². The molecule has 0 aromatic carbocycles. The van der Waals surface area contributed by atoms with Crippen LogP contribution in [0.15, 0.2) is 0 Å². The molecule has 0 aliphatic rings. The molecule has 11 heavy (non-hydrogen) atoms. The fourth-order valence-electron chi connectivity index (χ4n) is 0.368. The summed E-state index contributed by atoms with van der Waals surface area (Å²) in [5.41, 5.74) is 5.19. The van der Waals surface area contributed by atoms with Gasteiger partial charge in [-0.2, -0.15) is 11.8 Å². The zero-order valence-corrected chi connectivity index (χ0v) is 10.8. The van der Waals surface area contributed by atoms with Crippen molar-refractivity contribution in [3.05, 3.63) is 0 Å². The van der Waals surface area contributed by atoms with E-state index in [1.54, 1.807) is 11.8 Å². The normalized spacial score (nSPS) is 10.7. The van der Waals surface area contributed by atoms with E-state index in [9.17, 15) is 4.79 Å². The summed E-state index contributed by atoms with van der Waals surface area (Å²) in [7, 11) is 0. The Morgan fingerprint density at radius 2 is 2.18 bits per heavy atom. The molecule has 0 radical (unpaired) electrons. The van der Waals surface area contributed by atoms with Crippen LogP contribution in [0, 0.1) is 0 Å². The molecular weight excluding hydrogens is 218 g/mol. The van der Waals surface area contributed by atoms with E-state index in [1.807, 2.05) is 6.26 Å². The van der Waals surface area contributed by atoms with Crippen LogP contribution in [-0.2, 0) is 24.3 Å². The molecule has 0 saturated carbocycles. The molecule has 0 spiro atoms. The first-order valence-corrected chi connectivity index (χ1v) is 4.05. The average molecular weight is 233 g/mol. The van der Waals surface area contributed by atoms with Gasteiger partial charge in [0.05, 0.1) is 0 Å². The fourth-order valence-corrected chi connectivity index (χ4v) is 0.858. The number of nitrogens with two attached hydrogens (primary N) is 1. The van der Waals surface area contributed by atoms with Crippen LogP contribution < -0.4 is 11.9 Å². The molecule has 0 aromatic heterocycles. The van der Waals surface area contributed by atoms with Crippen molar-refractivity contribution in [3.63, 3.8) is 0 Å². The van der Waals surface area contributed by atoms with Gasteiger partial charge in [-0.25, -0.2) is 0 Å². The molecule has 7 N–H and O–H groups in total. The smallest absolute Gasteiger partial charge is 0.480 e. The standard InChI is InChI=1S/C5H11NO2S.H3N.Zn/c1-9-3-2-4(6)5(7)8;;/h4H,2-3,6H2,1H3,(H,7,8);1H3;/q;;+2/p+1/t4-;;/m0../s1. The third kappa shape index (κ3) is 10.4. The van der Waals surface area contributed by atoms with Gasteiger partial charge < -0.3 is 17.0 Å². The van der Waals surface area contributed by atoms with Crippen LogP contribution in [0.2, 0.25) is 0 Å². The predicted octanol–water partition coefficient (Wildman–Crippen LogP) is 0.525. The number of rotatable bonds is 4. The first kappa shape index (κ1) is 17.4. The summed E-state index contributed by atoms with van der Waals surface area (Å²) in [5.74, 6) is -0.1000. The predicted molar refractivity (Wildman–Crippen MR) is 44.6 cm³/mol. The Bertz CT molecular complexity index is 104. The first-order chi connectivity index (χ1) is 4.18. The third-order valence-electron chi connectivity index (χ3n) is 0.950. The van der Waals surface area contributed by atoms with Crippen LogP contribution >= 0.6 is 11.8 Å². The van der Waals surface area contributed by atoms with Crippen LogP contribution in [0.5, 0.6) is 0 Å². The minimum atomic E-state index is -0.913. The molecule has 0 bridgehead atoms. The quantitative estimate of drug-likeness (QED) is 0.616. The first-order valence-electron chi connectivity index (χ1n) is 2.65. The van der Waals surface area contributed by atoms with Crippen molar-refractivity contribution in [3.8, 4) is 0 Å². The van der Waals surface area contributed by atoms with Crippen LogP contribution in [0.1, 0.15) is 6.42 Å². The van der Waals surface area contributed by atoms with Crippen LogP contribution in [0.3, 0.4) is 0 Å². The summed E-state index contributed by atoms with van der Waals surface area (Å²) in [6.07, 6.45) is 2.48. The molecule has 0 amide bonds. The maximum atomic E-state index is 10.1. The molecule has 0 saturated heterocycles. The second-order valence-corrected chi connectivity index (χ2v) is 2.71. The van der Waals surface area contributed by atoms with E-state index in [0.717, 1.165) is 5.75 Å². The van der Waals surface area contributed by atoms with Crippen molar-refractivity contribution in [2.24, 2.45) is 5.73 Å². The SMILES string of the molecule is CSCC[C@H](N)C(=O)O.[NH4+].[Zn+2]. The van der Waals surface area contributed by atoms with E-state index in [0.29, 0.717) is 6.42 Å². The number of carboxylic acids is 1. The van der Waals surface area contributed by atoms with Crippen LogP contribution in [0.25, 0.3) is 0 Å². The number of aliphatic carboxylic acids is 1. The van der Waals surface area contributed by atoms with E-state index < -0.39 is 12.0 Å². The molecular formula is C5H15N2O2SZn+3. The van der Waals surface area contributed by atoms with Gasteiger partial charge in [0.25, 0.3) is 0 Å². The van der Waals surface area contributed by atoms with Gasteiger partial charge in [0.15, 0.2) is 0 Å². The topological polar surface area (TPSA) is 99.8 Å². The fraction of sp³-hybridized carbons (Fsp3) is 0.800. The molecule has 0 heterocycles. The van der Waals surface area contributed by atoms with E-state index in [4.69, 9.17) is 10.8 Å². The Hall–Kier alpha value is 0.363. The van der Waals surface area contributed by atoms with Crippen LogP contribution in [0.4, 0.5) is 0 Å². The molecule has 0 aliphatic heterocycles. The Balaban J connectivity index is -0.000000320. The van der Waals surface area contributed by atoms with Gasteiger partial charge in [-0.3, -0.25) is 4.79 Å². The Morgan fingerprint density at radius 1 is 1.73 bits per heavy atom. The van der Waals surface area contributed by atoms with Crippen molar-refractivity contribution < 1.29 is 29.4 Å². The van der Waals surface area contributed by atoms with Gasteiger partial charge in [-0.15, -0.1) is 0 Å². The Morgan fingerprint density at radius 3 is 2.45 bits per heavy atom. The second kappa shape index (κ2) is 10.4. The monoisotopic (exact) mass is 231 g/mol. The number of quaternary nitrogens is 1. The Labute approximate surface area is 83.6 Å². The van der Waals surface area contributed by atoms with Crippen molar-refractivity contribution >= 4 is 17.7 Å². The minimum Gasteiger partial charge on any atom is -0.480 e. The minimum absolute atomic E-state index is 0. The summed E-state index contributed by atoms with van der Waals surface area (Å²) >= 11 is 1.60. The van der Waals surface area contributed by atoms with Gasteiger partial charge in [0, 0.05) is 0 Å². The molecule has 0 fully saturated rings. The molecule has 0 unspecified atom stereocenters. The second-order valence-electron chi connectivity index (χ2n) is 1.73. The summed E-state index contributed by atoms with van der Waals surface area (Å²) in [4.78, 5) is 10.1. The Kier molecular flexibility index (Phi) is 16.4. The number of hydrogen-bond acceptors (Lipinski definition) is 3. The number of carbonyl (C=O) groups is 1. The third-order valence-corrected chi connectivity index (χ3v) is 1.59. The summed E-state index contributed by atoms with van der Waals surface area (Å²) in [5, 5.41) is 8.27. The number of carboxylic acid groups (broad SMARTS) is 1. The van der Waals surface area contributed by atoms with E-state index >= 15 is 0 Å². The largest absolute Gasteiger partial charge is 2.00 e. The maximum absolute atomic E-state index is 10.1. The maximum Gasteiger partial charge on any atom is 2.00 e. The molecule has 0 aromatic rings. The molecule has 4 nitrogen and oxygen atoms in total. The zero-order valence-electron chi connectivity index (χ0n) is 7.04. The molecule has 62 valence electrons. The summed E-state index contributed by atoms with van der Waals surface area (Å²) in [6, 6.07) is -0.683. The summed E-state index contributed by atoms with van der Waals surface area (Å²) in [6.45, 7) is 0. The van der Waals surface area contributed by atoms with Gasteiger partial charge in [-0.05, 0) is 18.4 Å². The molecule has 0 rings (SSSR count). The van der Waals surface area contributed by atoms with Gasteiger partial charge >= 0.3 is 25.4 Å². The van der Waals surface area contributed by atoms with Crippen molar-refractivity contribution in [2.45, 2.75) is 12.5 Å². The number of hydrogen-bond donors (Lipinski definition) is 3. The van der Waals surface area contributed by atoms with Gasteiger partial charge in [0.2, 0.25) is 0 Å². The molecule has 1 atom stereocenters. The number of thioether (sulfide) groups is 1. The van der Waals surface area contributed by atoms with Crippen molar-refractivity contribution in [2.75, 3.05) is 12.0 Å².